The van der Waals surface area contributed by atoms with Crippen LogP contribution in [-0.2, 0) is 16.0 Å². The Kier molecular flexibility index (Phi) is 5.04. The number of benzene rings is 1. The van der Waals surface area contributed by atoms with E-state index in [1.54, 1.807) is 0 Å². The second-order valence-electron chi connectivity index (χ2n) is 6.61. The molecule has 0 aromatic heterocycles. The molecule has 3 nitrogen and oxygen atoms in total. The summed E-state index contributed by atoms with van der Waals surface area (Å²) < 4.78 is 5.34. The summed E-state index contributed by atoms with van der Waals surface area (Å²) in [6, 6.07) is 8.49. The fourth-order valence-electron chi connectivity index (χ4n) is 3.58. The van der Waals surface area contributed by atoms with Gasteiger partial charge in [0.2, 0.25) is 0 Å². The maximum absolute atomic E-state index is 12.5. The maximum atomic E-state index is 12.5. The molecule has 21 heavy (non-hydrogen) atoms. The van der Waals surface area contributed by atoms with E-state index < -0.39 is 5.41 Å². The molecule has 0 bridgehead atoms. The molecule has 2 unspecified atom stereocenters. The van der Waals surface area contributed by atoms with E-state index in [0.717, 1.165) is 19.3 Å². The highest BCUT2D eigenvalue weighted by atomic mass is 16.5. The number of ether oxygens (including phenoxy) is 1. The summed E-state index contributed by atoms with van der Waals surface area (Å²) >= 11 is 0. The summed E-state index contributed by atoms with van der Waals surface area (Å²) in [5, 5.41) is 0. The Morgan fingerprint density at radius 1 is 1.43 bits per heavy atom. The number of rotatable bonds is 7. The van der Waals surface area contributed by atoms with E-state index >= 15 is 0 Å². The van der Waals surface area contributed by atoms with E-state index in [2.05, 4.69) is 38.1 Å². The van der Waals surface area contributed by atoms with Gasteiger partial charge in [-0.1, -0.05) is 38.1 Å². The van der Waals surface area contributed by atoms with E-state index in [1.165, 1.54) is 11.1 Å². The van der Waals surface area contributed by atoms with Gasteiger partial charge in [0.1, 0.15) is 0 Å². The lowest BCUT2D eigenvalue weighted by Gasteiger charge is -2.39. The first-order chi connectivity index (χ1) is 10.0. The third-order valence-corrected chi connectivity index (χ3v) is 4.50. The van der Waals surface area contributed by atoms with Gasteiger partial charge in [0.05, 0.1) is 12.0 Å². The van der Waals surface area contributed by atoms with Crippen molar-refractivity contribution < 1.29 is 9.53 Å². The van der Waals surface area contributed by atoms with Crippen molar-refractivity contribution in [2.24, 2.45) is 17.1 Å². The molecule has 1 aromatic carbocycles. The summed E-state index contributed by atoms with van der Waals surface area (Å²) in [4.78, 5) is 12.5. The van der Waals surface area contributed by atoms with E-state index in [9.17, 15) is 4.79 Å². The zero-order valence-electron chi connectivity index (χ0n) is 13.4. The Balaban J connectivity index is 2.18. The Bertz CT molecular complexity index is 498. The van der Waals surface area contributed by atoms with Crippen LogP contribution in [0, 0.1) is 11.3 Å². The van der Waals surface area contributed by atoms with Gasteiger partial charge in [0, 0.05) is 6.54 Å². The molecule has 0 aliphatic heterocycles. The standard InChI is InChI=1S/C18H27NO2/c1-4-21-17(20)18(12-19,10-13(2)3)11-15-9-14-7-5-6-8-16(14)15/h5-8,13,15H,4,9-12,19H2,1-3H3. The second-order valence-corrected chi connectivity index (χ2v) is 6.61. The predicted molar refractivity (Wildman–Crippen MR) is 85.1 cm³/mol. The Hall–Kier alpha value is -1.35. The van der Waals surface area contributed by atoms with Crippen LogP contribution in [0.5, 0.6) is 0 Å². The first-order valence-electron chi connectivity index (χ1n) is 7.97. The Labute approximate surface area is 127 Å². The van der Waals surface area contributed by atoms with Gasteiger partial charge in [-0.15, -0.1) is 0 Å². The van der Waals surface area contributed by atoms with Gasteiger partial charge in [-0.3, -0.25) is 4.79 Å². The molecule has 1 aliphatic rings. The monoisotopic (exact) mass is 289 g/mol. The van der Waals surface area contributed by atoms with E-state index in [1.807, 2.05) is 6.92 Å². The summed E-state index contributed by atoms with van der Waals surface area (Å²) in [5.74, 6) is 0.742. The molecule has 0 spiro atoms. The number of hydrogen-bond acceptors (Lipinski definition) is 3. The number of carbonyl (C=O) groups is 1. The van der Waals surface area contributed by atoms with Crippen LogP contribution in [0.25, 0.3) is 0 Å². The van der Waals surface area contributed by atoms with E-state index in [0.29, 0.717) is 25.0 Å². The van der Waals surface area contributed by atoms with Crippen LogP contribution in [-0.4, -0.2) is 19.1 Å². The summed E-state index contributed by atoms with van der Waals surface area (Å²) in [6.45, 7) is 6.91. The molecule has 0 amide bonds. The third-order valence-electron chi connectivity index (χ3n) is 4.50. The van der Waals surface area contributed by atoms with Gasteiger partial charge in [0.25, 0.3) is 0 Å². The minimum atomic E-state index is -0.539. The first kappa shape index (κ1) is 16.0. The zero-order chi connectivity index (χ0) is 15.5. The van der Waals surface area contributed by atoms with E-state index in [4.69, 9.17) is 10.5 Å². The van der Waals surface area contributed by atoms with Crippen LogP contribution in [0.3, 0.4) is 0 Å². The fourth-order valence-corrected chi connectivity index (χ4v) is 3.58. The van der Waals surface area contributed by atoms with Crippen molar-refractivity contribution in [1.82, 2.24) is 0 Å². The molecule has 0 fully saturated rings. The normalized spacial score (nSPS) is 19.6. The van der Waals surface area contributed by atoms with Crippen LogP contribution in [0.2, 0.25) is 0 Å². The van der Waals surface area contributed by atoms with Crippen LogP contribution in [0.15, 0.2) is 24.3 Å². The molecular weight excluding hydrogens is 262 g/mol. The summed E-state index contributed by atoms with van der Waals surface area (Å²) in [7, 11) is 0. The Morgan fingerprint density at radius 2 is 2.14 bits per heavy atom. The molecule has 116 valence electrons. The van der Waals surface area contributed by atoms with Crippen molar-refractivity contribution >= 4 is 5.97 Å². The molecule has 0 heterocycles. The summed E-state index contributed by atoms with van der Waals surface area (Å²) in [6.07, 6.45) is 2.65. The highest BCUT2D eigenvalue weighted by Gasteiger charge is 2.43. The summed E-state index contributed by atoms with van der Waals surface area (Å²) in [5.41, 5.74) is 8.28. The quantitative estimate of drug-likeness (QED) is 0.784. The molecule has 2 N–H and O–H groups in total. The number of fused-ring (bicyclic) bond motifs is 1. The molecular formula is C18H27NO2. The highest BCUT2D eigenvalue weighted by Crippen LogP contribution is 2.45. The first-order valence-corrected chi connectivity index (χ1v) is 7.97. The van der Waals surface area contributed by atoms with Crippen LogP contribution in [0.4, 0.5) is 0 Å². The van der Waals surface area contributed by atoms with Crippen LogP contribution in [0.1, 0.15) is 50.7 Å². The van der Waals surface area contributed by atoms with Crippen molar-refractivity contribution in [3.8, 4) is 0 Å². The molecule has 0 saturated carbocycles. The lowest BCUT2D eigenvalue weighted by molar-refractivity contribution is -0.157. The molecule has 3 heteroatoms. The van der Waals surface area contributed by atoms with Gasteiger partial charge in [0.15, 0.2) is 0 Å². The smallest absolute Gasteiger partial charge is 0.313 e. The van der Waals surface area contributed by atoms with Crippen molar-refractivity contribution in [2.75, 3.05) is 13.2 Å². The SMILES string of the molecule is CCOC(=O)C(CN)(CC(C)C)CC1Cc2ccccc21. The van der Waals surface area contributed by atoms with Crippen molar-refractivity contribution in [3.63, 3.8) is 0 Å². The van der Waals surface area contributed by atoms with Crippen LogP contribution >= 0.6 is 0 Å². The average Bonchev–Trinajstić information content (AvgIpc) is 2.43. The lowest BCUT2D eigenvalue weighted by atomic mass is 9.66. The highest BCUT2D eigenvalue weighted by molar-refractivity contribution is 5.77. The minimum Gasteiger partial charge on any atom is -0.466 e. The van der Waals surface area contributed by atoms with Gasteiger partial charge in [-0.25, -0.2) is 0 Å². The molecule has 1 aromatic rings. The van der Waals surface area contributed by atoms with Crippen molar-refractivity contribution in [1.29, 1.82) is 0 Å². The maximum Gasteiger partial charge on any atom is 0.313 e. The molecule has 0 radical (unpaired) electrons. The topological polar surface area (TPSA) is 52.3 Å². The van der Waals surface area contributed by atoms with Gasteiger partial charge in [-0.05, 0) is 49.1 Å². The number of esters is 1. The minimum absolute atomic E-state index is 0.120. The van der Waals surface area contributed by atoms with Crippen molar-refractivity contribution in [3.05, 3.63) is 35.4 Å². The Morgan fingerprint density at radius 3 is 2.71 bits per heavy atom. The van der Waals surface area contributed by atoms with E-state index in [-0.39, 0.29) is 5.97 Å². The predicted octanol–water partition coefficient (Wildman–Crippen LogP) is 3.27. The molecule has 1 aliphatic carbocycles. The van der Waals surface area contributed by atoms with Gasteiger partial charge >= 0.3 is 5.97 Å². The lowest BCUT2D eigenvalue weighted by Crippen LogP contribution is -2.43. The second kappa shape index (κ2) is 6.61. The average molecular weight is 289 g/mol. The third kappa shape index (κ3) is 3.29. The van der Waals surface area contributed by atoms with Gasteiger partial charge < -0.3 is 10.5 Å². The molecule has 2 atom stereocenters. The number of nitrogens with two attached hydrogens (primary N) is 1. The van der Waals surface area contributed by atoms with Crippen LogP contribution < -0.4 is 5.73 Å². The van der Waals surface area contributed by atoms with Crippen molar-refractivity contribution in [2.45, 2.75) is 46.0 Å². The fraction of sp³-hybridized carbons (Fsp3) is 0.611. The number of carbonyl (C=O) groups excluding carboxylic acids is 1. The molecule has 0 saturated heterocycles. The zero-order valence-corrected chi connectivity index (χ0v) is 13.4. The molecule has 2 rings (SSSR count). The largest absolute Gasteiger partial charge is 0.466 e. The van der Waals surface area contributed by atoms with Gasteiger partial charge in [-0.2, -0.15) is 0 Å². The number of hydrogen-bond donors (Lipinski definition) is 1.